The summed E-state index contributed by atoms with van der Waals surface area (Å²) in [5.74, 6) is -0.227. The number of para-hydroxylation sites is 1. The minimum absolute atomic E-state index is 0.0575. The van der Waals surface area contributed by atoms with Gasteiger partial charge in [-0.05, 0) is 17.5 Å². The Balaban J connectivity index is 2.25. The standard InChI is InChI=1S/C15H22N2O2/c1-15(2,3)11-16-13(18)9-10-14(19)17-12-7-5-4-6-8-12/h4-8H,9-11H2,1-3H3,(H,16,18)(H,17,19). The highest BCUT2D eigenvalue weighted by Gasteiger charge is 2.12. The lowest BCUT2D eigenvalue weighted by molar-refractivity contribution is -0.124. The van der Waals surface area contributed by atoms with Crippen molar-refractivity contribution < 1.29 is 9.59 Å². The van der Waals surface area contributed by atoms with E-state index in [2.05, 4.69) is 31.4 Å². The normalized spacial score (nSPS) is 10.9. The second-order valence-corrected chi connectivity index (χ2v) is 5.75. The third-order valence-electron chi connectivity index (χ3n) is 2.45. The van der Waals surface area contributed by atoms with E-state index in [-0.39, 0.29) is 30.1 Å². The molecule has 2 amide bonds. The van der Waals surface area contributed by atoms with Crippen LogP contribution in [0, 0.1) is 5.41 Å². The molecule has 1 aromatic rings. The summed E-state index contributed by atoms with van der Waals surface area (Å²) in [6.07, 6.45) is 0.416. The first-order valence-electron chi connectivity index (χ1n) is 6.48. The predicted octanol–water partition coefficient (Wildman–Crippen LogP) is 2.57. The van der Waals surface area contributed by atoms with Crippen LogP contribution in [0.3, 0.4) is 0 Å². The van der Waals surface area contributed by atoms with Gasteiger partial charge in [-0.15, -0.1) is 0 Å². The van der Waals surface area contributed by atoms with Crippen molar-refractivity contribution in [1.82, 2.24) is 5.32 Å². The molecular weight excluding hydrogens is 240 g/mol. The Morgan fingerprint density at radius 3 is 2.16 bits per heavy atom. The van der Waals surface area contributed by atoms with Crippen LogP contribution in [0.2, 0.25) is 0 Å². The highest BCUT2D eigenvalue weighted by atomic mass is 16.2. The topological polar surface area (TPSA) is 58.2 Å². The molecule has 4 nitrogen and oxygen atoms in total. The average Bonchev–Trinajstić information content (AvgIpc) is 2.34. The molecule has 0 aromatic heterocycles. The summed E-state index contributed by atoms with van der Waals surface area (Å²) in [7, 11) is 0. The zero-order valence-electron chi connectivity index (χ0n) is 11.8. The summed E-state index contributed by atoms with van der Waals surface area (Å²) in [4.78, 5) is 23.2. The number of benzene rings is 1. The van der Waals surface area contributed by atoms with Crippen molar-refractivity contribution in [2.24, 2.45) is 5.41 Å². The Hall–Kier alpha value is -1.84. The molecule has 0 unspecified atom stereocenters. The average molecular weight is 262 g/mol. The van der Waals surface area contributed by atoms with Gasteiger partial charge in [-0.3, -0.25) is 9.59 Å². The molecule has 0 heterocycles. The van der Waals surface area contributed by atoms with E-state index < -0.39 is 0 Å². The van der Waals surface area contributed by atoms with Crippen molar-refractivity contribution in [2.45, 2.75) is 33.6 Å². The molecule has 0 spiro atoms. The minimum Gasteiger partial charge on any atom is -0.356 e. The Morgan fingerprint density at radius 2 is 1.58 bits per heavy atom. The lowest BCUT2D eigenvalue weighted by Gasteiger charge is -2.18. The van der Waals surface area contributed by atoms with Gasteiger partial charge in [-0.1, -0.05) is 39.0 Å². The summed E-state index contributed by atoms with van der Waals surface area (Å²) in [6, 6.07) is 9.22. The van der Waals surface area contributed by atoms with Gasteiger partial charge < -0.3 is 10.6 Å². The molecule has 4 heteroatoms. The molecule has 19 heavy (non-hydrogen) atoms. The highest BCUT2D eigenvalue weighted by Crippen LogP contribution is 2.10. The molecule has 0 saturated carbocycles. The van der Waals surface area contributed by atoms with Crippen LogP contribution in [0.5, 0.6) is 0 Å². The van der Waals surface area contributed by atoms with Crippen LogP contribution < -0.4 is 10.6 Å². The summed E-state index contributed by atoms with van der Waals surface area (Å²) in [6.45, 7) is 6.77. The maximum absolute atomic E-state index is 11.6. The SMILES string of the molecule is CC(C)(C)CNC(=O)CCC(=O)Nc1ccccc1. The molecule has 2 N–H and O–H groups in total. The number of amides is 2. The van der Waals surface area contributed by atoms with Crippen molar-refractivity contribution in [1.29, 1.82) is 0 Å². The van der Waals surface area contributed by atoms with E-state index in [9.17, 15) is 9.59 Å². The fraction of sp³-hybridized carbons (Fsp3) is 0.467. The molecule has 0 atom stereocenters. The molecule has 1 aromatic carbocycles. The lowest BCUT2D eigenvalue weighted by Crippen LogP contribution is -2.32. The van der Waals surface area contributed by atoms with Crippen LogP contribution in [0.1, 0.15) is 33.6 Å². The van der Waals surface area contributed by atoms with Crippen LogP contribution >= 0.6 is 0 Å². The van der Waals surface area contributed by atoms with E-state index in [1.165, 1.54) is 0 Å². The second-order valence-electron chi connectivity index (χ2n) is 5.75. The van der Waals surface area contributed by atoms with Gasteiger partial charge in [0.05, 0.1) is 0 Å². The zero-order valence-corrected chi connectivity index (χ0v) is 11.8. The zero-order chi connectivity index (χ0) is 14.3. The summed E-state index contributed by atoms with van der Waals surface area (Å²) >= 11 is 0. The van der Waals surface area contributed by atoms with Crippen LogP contribution in [0.4, 0.5) is 5.69 Å². The third kappa shape index (κ3) is 7.24. The van der Waals surface area contributed by atoms with Crippen LogP contribution in [-0.2, 0) is 9.59 Å². The predicted molar refractivity (Wildman–Crippen MR) is 76.8 cm³/mol. The van der Waals surface area contributed by atoms with Crippen LogP contribution in [0.25, 0.3) is 0 Å². The largest absolute Gasteiger partial charge is 0.356 e. The summed E-state index contributed by atoms with van der Waals surface area (Å²) in [5.41, 5.74) is 0.810. The lowest BCUT2D eigenvalue weighted by atomic mass is 9.97. The van der Waals surface area contributed by atoms with Gasteiger partial charge in [0, 0.05) is 25.1 Å². The van der Waals surface area contributed by atoms with Crippen molar-refractivity contribution in [3.8, 4) is 0 Å². The van der Waals surface area contributed by atoms with Gasteiger partial charge in [0.15, 0.2) is 0 Å². The Labute approximate surface area is 114 Å². The van der Waals surface area contributed by atoms with E-state index in [0.717, 1.165) is 5.69 Å². The molecule has 0 aliphatic heterocycles. The number of hydrogen-bond acceptors (Lipinski definition) is 2. The van der Waals surface area contributed by atoms with Crippen molar-refractivity contribution in [2.75, 3.05) is 11.9 Å². The fourth-order valence-electron chi connectivity index (χ4n) is 1.42. The van der Waals surface area contributed by atoms with E-state index >= 15 is 0 Å². The first kappa shape index (κ1) is 15.2. The molecule has 0 radical (unpaired) electrons. The fourth-order valence-corrected chi connectivity index (χ4v) is 1.42. The van der Waals surface area contributed by atoms with E-state index in [1.807, 2.05) is 30.3 Å². The quantitative estimate of drug-likeness (QED) is 0.856. The molecular formula is C15H22N2O2. The summed E-state index contributed by atoms with van der Waals surface area (Å²) in [5, 5.41) is 5.57. The molecule has 0 aliphatic carbocycles. The molecule has 0 bridgehead atoms. The van der Waals surface area contributed by atoms with Gasteiger partial charge in [-0.25, -0.2) is 0 Å². The van der Waals surface area contributed by atoms with E-state index in [4.69, 9.17) is 0 Å². The molecule has 0 saturated heterocycles. The number of carbonyl (C=O) groups is 2. The maximum atomic E-state index is 11.6. The Bertz CT molecular complexity index is 422. The van der Waals surface area contributed by atoms with Gasteiger partial charge >= 0.3 is 0 Å². The minimum atomic E-state index is -0.142. The first-order valence-corrected chi connectivity index (χ1v) is 6.48. The van der Waals surface area contributed by atoms with E-state index in [0.29, 0.717) is 6.54 Å². The number of carbonyl (C=O) groups excluding carboxylic acids is 2. The number of hydrogen-bond donors (Lipinski definition) is 2. The first-order chi connectivity index (χ1) is 8.87. The van der Waals surface area contributed by atoms with Crippen molar-refractivity contribution in [3.05, 3.63) is 30.3 Å². The third-order valence-corrected chi connectivity index (χ3v) is 2.45. The van der Waals surface area contributed by atoms with Gasteiger partial charge in [0.1, 0.15) is 0 Å². The van der Waals surface area contributed by atoms with Crippen molar-refractivity contribution in [3.63, 3.8) is 0 Å². The number of nitrogens with one attached hydrogen (secondary N) is 2. The molecule has 0 fully saturated rings. The van der Waals surface area contributed by atoms with Gasteiger partial charge in [-0.2, -0.15) is 0 Å². The Morgan fingerprint density at radius 1 is 1.00 bits per heavy atom. The van der Waals surface area contributed by atoms with Crippen LogP contribution in [0.15, 0.2) is 30.3 Å². The number of rotatable bonds is 5. The molecule has 104 valence electrons. The monoisotopic (exact) mass is 262 g/mol. The molecule has 1 rings (SSSR count). The van der Waals surface area contributed by atoms with Gasteiger partial charge in [0.2, 0.25) is 11.8 Å². The van der Waals surface area contributed by atoms with Gasteiger partial charge in [0.25, 0.3) is 0 Å². The maximum Gasteiger partial charge on any atom is 0.224 e. The second kappa shape index (κ2) is 6.92. The highest BCUT2D eigenvalue weighted by molar-refractivity contribution is 5.93. The smallest absolute Gasteiger partial charge is 0.224 e. The van der Waals surface area contributed by atoms with Crippen LogP contribution in [-0.4, -0.2) is 18.4 Å². The number of anilines is 1. The van der Waals surface area contributed by atoms with Crippen molar-refractivity contribution >= 4 is 17.5 Å². The Kier molecular flexibility index (Phi) is 5.55. The summed E-state index contributed by atoms with van der Waals surface area (Å²) < 4.78 is 0. The molecule has 0 aliphatic rings. The van der Waals surface area contributed by atoms with E-state index in [1.54, 1.807) is 0 Å².